The molecule has 2 aromatic carbocycles. The van der Waals surface area contributed by atoms with Gasteiger partial charge in [-0.2, -0.15) is 0 Å². The fourth-order valence-electron chi connectivity index (χ4n) is 2.56. The number of hydrogen-bond acceptors (Lipinski definition) is 4. The Hall–Kier alpha value is -2.27. The fraction of sp³-hybridized carbons (Fsp3) is 0.263. The van der Waals surface area contributed by atoms with Crippen molar-refractivity contribution in [3.8, 4) is 17.1 Å². The van der Waals surface area contributed by atoms with E-state index in [1.54, 1.807) is 18.9 Å². The average Bonchev–Trinajstić information content (AvgIpc) is 3.05. The van der Waals surface area contributed by atoms with E-state index in [0.29, 0.717) is 5.25 Å². The maximum Gasteiger partial charge on any atom is 0.192 e. The molecule has 0 aliphatic carbocycles. The second-order valence-electron chi connectivity index (χ2n) is 5.45. The molecule has 1 unspecified atom stereocenters. The maximum absolute atomic E-state index is 5.22. The van der Waals surface area contributed by atoms with Crippen molar-refractivity contribution in [2.75, 3.05) is 7.11 Å². The van der Waals surface area contributed by atoms with Gasteiger partial charge in [0.2, 0.25) is 0 Å². The first-order valence-electron chi connectivity index (χ1n) is 8.02. The highest BCUT2D eigenvalue weighted by Gasteiger charge is 2.16. The van der Waals surface area contributed by atoms with Gasteiger partial charge in [0.05, 0.1) is 7.11 Å². The molecule has 0 amide bonds. The molecule has 0 fully saturated rings. The maximum atomic E-state index is 5.22. The van der Waals surface area contributed by atoms with Crippen molar-refractivity contribution in [2.45, 2.75) is 30.8 Å². The molecule has 5 heteroatoms. The van der Waals surface area contributed by atoms with Crippen LogP contribution in [0.1, 0.15) is 24.7 Å². The van der Waals surface area contributed by atoms with Gasteiger partial charge in [0.15, 0.2) is 11.0 Å². The molecule has 0 saturated carbocycles. The summed E-state index contributed by atoms with van der Waals surface area (Å²) in [5, 5.41) is 10.1. The van der Waals surface area contributed by atoms with Crippen LogP contribution in [0.3, 0.4) is 0 Å². The van der Waals surface area contributed by atoms with Crippen LogP contribution in [0.5, 0.6) is 5.75 Å². The molecular weight excluding hydrogens is 318 g/mol. The van der Waals surface area contributed by atoms with Crippen LogP contribution >= 0.6 is 11.8 Å². The molecule has 4 nitrogen and oxygen atoms in total. The van der Waals surface area contributed by atoms with Crippen molar-refractivity contribution < 1.29 is 4.74 Å². The minimum Gasteiger partial charge on any atom is -0.497 e. The van der Waals surface area contributed by atoms with Gasteiger partial charge in [-0.1, -0.05) is 42.1 Å². The molecule has 3 aromatic rings. The third-order valence-corrected chi connectivity index (χ3v) is 5.07. The number of aromatic nitrogens is 3. The molecular formula is C19H21N3OS. The van der Waals surface area contributed by atoms with Crippen LogP contribution in [0, 0.1) is 0 Å². The number of thioether (sulfide) groups is 1. The molecule has 0 aliphatic heterocycles. The molecule has 0 N–H and O–H groups in total. The number of hydrogen-bond donors (Lipinski definition) is 0. The van der Waals surface area contributed by atoms with Gasteiger partial charge in [-0.05, 0) is 43.7 Å². The van der Waals surface area contributed by atoms with Gasteiger partial charge < -0.3 is 9.30 Å². The third-order valence-electron chi connectivity index (χ3n) is 3.93. The summed E-state index contributed by atoms with van der Waals surface area (Å²) in [4.78, 5) is 0. The first-order valence-corrected chi connectivity index (χ1v) is 8.90. The van der Waals surface area contributed by atoms with E-state index in [2.05, 4.69) is 52.9 Å². The molecule has 124 valence electrons. The Labute approximate surface area is 146 Å². The van der Waals surface area contributed by atoms with Crippen LogP contribution in [0.25, 0.3) is 11.4 Å². The number of rotatable bonds is 6. The first-order chi connectivity index (χ1) is 11.7. The highest BCUT2D eigenvalue weighted by Crippen LogP contribution is 2.35. The second kappa shape index (κ2) is 7.53. The summed E-state index contributed by atoms with van der Waals surface area (Å²) in [6, 6.07) is 18.4. The van der Waals surface area contributed by atoms with Crippen molar-refractivity contribution >= 4 is 11.8 Å². The number of methoxy groups -OCH3 is 1. The summed E-state index contributed by atoms with van der Waals surface area (Å²) in [6.45, 7) is 5.15. The predicted octanol–water partition coefficient (Wildman–Crippen LogP) is 4.83. The van der Waals surface area contributed by atoms with Crippen LogP contribution in [0.15, 0.2) is 59.8 Å². The monoisotopic (exact) mass is 339 g/mol. The Morgan fingerprint density at radius 3 is 2.38 bits per heavy atom. The van der Waals surface area contributed by atoms with E-state index < -0.39 is 0 Å². The van der Waals surface area contributed by atoms with Gasteiger partial charge in [-0.15, -0.1) is 10.2 Å². The zero-order valence-corrected chi connectivity index (χ0v) is 15.0. The zero-order valence-electron chi connectivity index (χ0n) is 14.1. The van der Waals surface area contributed by atoms with E-state index in [4.69, 9.17) is 4.74 Å². The molecule has 0 radical (unpaired) electrons. The van der Waals surface area contributed by atoms with Crippen LogP contribution < -0.4 is 4.74 Å². The Kier molecular flexibility index (Phi) is 5.20. The zero-order chi connectivity index (χ0) is 16.9. The second-order valence-corrected chi connectivity index (χ2v) is 6.76. The average molecular weight is 339 g/mol. The van der Waals surface area contributed by atoms with Gasteiger partial charge in [0.1, 0.15) is 5.75 Å². The summed E-state index contributed by atoms with van der Waals surface area (Å²) < 4.78 is 7.38. The van der Waals surface area contributed by atoms with E-state index in [-0.39, 0.29) is 0 Å². The molecule has 0 saturated heterocycles. The number of ether oxygens (including phenoxy) is 1. The fourth-order valence-corrected chi connectivity index (χ4v) is 3.61. The van der Waals surface area contributed by atoms with Crippen molar-refractivity contribution in [3.63, 3.8) is 0 Å². The van der Waals surface area contributed by atoms with Crippen LogP contribution in [0.4, 0.5) is 0 Å². The summed E-state index contributed by atoms with van der Waals surface area (Å²) in [5.41, 5.74) is 2.34. The van der Waals surface area contributed by atoms with E-state index in [9.17, 15) is 0 Å². The lowest BCUT2D eigenvalue weighted by Gasteiger charge is -2.12. The summed E-state index contributed by atoms with van der Waals surface area (Å²) in [5.74, 6) is 1.73. The Morgan fingerprint density at radius 2 is 1.75 bits per heavy atom. The Balaban J connectivity index is 1.86. The number of nitrogens with zero attached hydrogens (tertiary/aromatic N) is 3. The van der Waals surface area contributed by atoms with E-state index in [1.165, 1.54) is 5.56 Å². The summed E-state index contributed by atoms with van der Waals surface area (Å²) in [7, 11) is 1.67. The minimum atomic E-state index is 0.324. The quantitative estimate of drug-likeness (QED) is 0.603. The first kappa shape index (κ1) is 16.6. The summed E-state index contributed by atoms with van der Waals surface area (Å²) in [6.07, 6.45) is 0. The normalized spacial score (nSPS) is 12.1. The molecule has 3 rings (SSSR count). The van der Waals surface area contributed by atoms with Crippen molar-refractivity contribution in [2.24, 2.45) is 0 Å². The van der Waals surface area contributed by atoms with Gasteiger partial charge in [0.25, 0.3) is 0 Å². The molecule has 1 heterocycles. The lowest BCUT2D eigenvalue weighted by Crippen LogP contribution is -2.01. The Bertz CT molecular complexity index is 784. The van der Waals surface area contributed by atoms with Crippen molar-refractivity contribution in [1.29, 1.82) is 0 Å². The predicted molar refractivity (Wildman–Crippen MR) is 98.4 cm³/mol. The van der Waals surface area contributed by atoms with Gasteiger partial charge >= 0.3 is 0 Å². The third kappa shape index (κ3) is 3.46. The molecule has 0 aliphatic rings. The SMILES string of the molecule is CCn1c(SC(C)c2ccccc2)nnc1-c1ccc(OC)cc1. The largest absolute Gasteiger partial charge is 0.497 e. The van der Waals surface area contributed by atoms with Gasteiger partial charge in [-0.25, -0.2) is 0 Å². The van der Waals surface area contributed by atoms with Crippen molar-refractivity contribution in [3.05, 3.63) is 60.2 Å². The van der Waals surface area contributed by atoms with E-state index in [1.807, 2.05) is 30.3 Å². The van der Waals surface area contributed by atoms with Crippen molar-refractivity contribution in [1.82, 2.24) is 14.8 Å². The van der Waals surface area contributed by atoms with E-state index in [0.717, 1.165) is 28.8 Å². The van der Waals surface area contributed by atoms with Gasteiger partial charge in [-0.3, -0.25) is 0 Å². The highest BCUT2D eigenvalue weighted by atomic mass is 32.2. The minimum absolute atomic E-state index is 0.324. The van der Waals surface area contributed by atoms with Crippen LogP contribution in [-0.2, 0) is 6.54 Å². The number of benzene rings is 2. The van der Waals surface area contributed by atoms with Gasteiger partial charge in [0, 0.05) is 17.4 Å². The van der Waals surface area contributed by atoms with Crippen LogP contribution in [0.2, 0.25) is 0 Å². The van der Waals surface area contributed by atoms with E-state index >= 15 is 0 Å². The molecule has 1 aromatic heterocycles. The standard InChI is InChI=1S/C19H21N3OS/c1-4-22-18(16-10-12-17(23-3)13-11-16)20-21-19(22)24-14(2)15-8-6-5-7-9-15/h5-14H,4H2,1-3H3. The summed E-state index contributed by atoms with van der Waals surface area (Å²) >= 11 is 1.74. The molecule has 24 heavy (non-hydrogen) atoms. The smallest absolute Gasteiger partial charge is 0.192 e. The van der Waals surface area contributed by atoms with Crippen LogP contribution in [-0.4, -0.2) is 21.9 Å². The Morgan fingerprint density at radius 1 is 1.04 bits per heavy atom. The molecule has 0 bridgehead atoms. The molecule has 1 atom stereocenters. The lowest BCUT2D eigenvalue weighted by molar-refractivity contribution is 0.415. The molecule has 0 spiro atoms. The topological polar surface area (TPSA) is 39.9 Å². The highest BCUT2D eigenvalue weighted by molar-refractivity contribution is 7.99. The lowest BCUT2D eigenvalue weighted by atomic mass is 10.2.